The van der Waals surface area contributed by atoms with Gasteiger partial charge in [0.05, 0.1) is 13.1 Å². The molecule has 4 rings (SSSR count). The summed E-state index contributed by atoms with van der Waals surface area (Å²) in [4.78, 5) is 0. The fourth-order valence-corrected chi connectivity index (χ4v) is 10.8. The highest BCUT2D eigenvalue weighted by molar-refractivity contribution is 6.78. The smallest absolute Gasteiger partial charge is 0.142 e. The van der Waals surface area contributed by atoms with Crippen molar-refractivity contribution >= 4 is 19.7 Å². The van der Waals surface area contributed by atoms with Gasteiger partial charge in [-0.25, -0.2) is 8.78 Å². The van der Waals surface area contributed by atoms with E-state index >= 15 is 0 Å². The molecule has 192 valence electrons. The Hall–Kier alpha value is -1.19. The third kappa shape index (κ3) is 7.19. The molecule has 2 aromatic rings. The number of benzene rings is 2. The van der Waals surface area contributed by atoms with Crippen molar-refractivity contribution in [1.82, 2.24) is 0 Å². The van der Waals surface area contributed by atoms with Gasteiger partial charge in [0.1, 0.15) is 11.6 Å². The maximum Gasteiger partial charge on any atom is 0.142 e. The van der Waals surface area contributed by atoms with Crippen molar-refractivity contribution in [1.29, 1.82) is 0 Å². The first-order valence-electron chi connectivity index (χ1n) is 14.1. The zero-order chi connectivity index (χ0) is 24.8. The molecular formula is C31H43ClF2Si. The van der Waals surface area contributed by atoms with Crippen LogP contribution in [-0.2, 0) is 0 Å². The molecule has 1 aliphatic heterocycles. The van der Waals surface area contributed by atoms with Crippen LogP contribution in [-0.4, -0.2) is 8.07 Å². The lowest BCUT2D eigenvalue weighted by molar-refractivity contribution is 0.279. The lowest BCUT2D eigenvalue weighted by Gasteiger charge is -2.37. The predicted octanol–water partition coefficient (Wildman–Crippen LogP) is 11.0. The van der Waals surface area contributed by atoms with Crippen LogP contribution in [0.3, 0.4) is 0 Å². The van der Waals surface area contributed by atoms with Crippen molar-refractivity contribution in [3.8, 4) is 11.1 Å². The molecule has 0 atom stereocenters. The van der Waals surface area contributed by atoms with E-state index in [1.807, 2.05) is 12.1 Å². The molecule has 0 unspecified atom stereocenters. The van der Waals surface area contributed by atoms with Crippen LogP contribution in [0.25, 0.3) is 11.1 Å². The Labute approximate surface area is 217 Å². The predicted molar refractivity (Wildman–Crippen MR) is 149 cm³/mol. The van der Waals surface area contributed by atoms with E-state index in [0.717, 1.165) is 30.2 Å². The van der Waals surface area contributed by atoms with Gasteiger partial charge in [-0.15, -0.1) is 0 Å². The van der Waals surface area contributed by atoms with E-state index in [9.17, 15) is 8.78 Å². The molecule has 1 saturated carbocycles. The van der Waals surface area contributed by atoms with Gasteiger partial charge in [0.15, 0.2) is 0 Å². The number of halogens is 3. The summed E-state index contributed by atoms with van der Waals surface area (Å²) in [5.41, 5.74) is 2.07. The normalized spacial score (nSPS) is 27.2. The van der Waals surface area contributed by atoms with Gasteiger partial charge in [0.2, 0.25) is 0 Å². The molecule has 2 aromatic carbocycles. The van der Waals surface area contributed by atoms with E-state index in [4.69, 9.17) is 11.6 Å². The van der Waals surface area contributed by atoms with Crippen molar-refractivity contribution in [3.05, 3.63) is 58.6 Å². The second kappa shape index (κ2) is 12.4. The summed E-state index contributed by atoms with van der Waals surface area (Å²) < 4.78 is 28.7. The molecule has 1 aliphatic carbocycles. The highest BCUT2D eigenvalue weighted by Gasteiger charge is 2.32. The molecule has 0 bridgehead atoms. The minimum Gasteiger partial charge on any atom is -0.206 e. The van der Waals surface area contributed by atoms with Crippen LogP contribution < -0.4 is 0 Å². The van der Waals surface area contributed by atoms with Crippen molar-refractivity contribution in [3.63, 3.8) is 0 Å². The number of rotatable bonds is 9. The first-order chi connectivity index (χ1) is 16.9. The van der Waals surface area contributed by atoms with Gasteiger partial charge in [-0.3, -0.25) is 0 Å². The SMILES string of the molecule is CCCCC[Si@]1(C)CC[C@H](CCC2CCC(c3ccc(-c4ccc(Cl)c(F)c4)c(F)c3)CC2)CC1. The zero-order valence-corrected chi connectivity index (χ0v) is 23.5. The zero-order valence-electron chi connectivity index (χ0n) is 21.7. The van der Waals surface area contributed by atoms with E-state index < -0.39 is 13.9 Å². The van der Waals surface area contributed by atoms with E-state index in [1.54, 1.807) is 30.3 Å². The molecule has 0 nitrogen and oxygen atoms in total. The van der Waals surface area contributed by atoms with Crippen LogP contribution in [0, 0.1) is 23.5 Å². The molecule has 4 heteroatoms. The van der Waals surface area contributed by atoms with E-state index in [-0.39, 0.29) is 10.8 Å². The Balaban J connectivity index is 1.22. The maximum absolute atomic E-state index is 14.9. The highest BCUT2D eigenvalue weighted by Crippen LogP contribution is 2.42. The molecule has 1 saturated heterocycles. The Morgan fingerprint density at radius 2 is 1.51 bits per heavy atom. The molecule has 0 aromatic heterocycles. The quantitative estimate of drug-likeness (QED) is 0.229. The fourth-order valence-electron chi connectivity index (χ4n) is 6.65. The average Bonchev–Trinajstić information content (AvgIpc) is 2.86. The molecule has 2 fully saturated rings. The highest BCUT2D eigenvalue weighted by atomic mass is 35.5. The Bertz CT molecular complexity index is 958. The fraction of sp³-hybridized carbons (Fsp3) is 0.613. The van der Waals surface area contributed by atoms with Gasteiger partial charge in [-0.05, 0) is 72.8 Å². The van der Waals surface area contributed by atoms with Crippen molar-refractivity contribution in [2.75, 3.05) is 0 Å². The van der Waals surface area contributed by atoms with Crippen LogP contribution in [0.15, 0.2) is 36.4 Å². The monoisotopic (exact) mass is 516 g/mol. The Morgan fingerprint density at radius 3 is 2.14 bits per heavy atom. The van der Waals surface area contributed by atoms with Gasteiger partial charge in [-0.2, -0.15) is 0 Å². The second-order valence-electron chi connectivity index (χ2n) is 11.9. The molecule has 0 amide bonds. The maximum atomic E-state index is 14.9. The van der Waals surface area contributed by atoms with E-state index in [1.165, 1.54) is 69.9 Å². The minimum absolute atomic E-state index is 0.0637. The number of hydrogen-bond acceptors (Lipinski definition) is 0. The van der Waals surface area contributed by atoms with Gasteiger partial charge in [-0.1, -0.05) is 106 Å². The molecule has 1 heterocycles. The molecular weight excluding hydrogens is 474 g/mol. The molecule has 35 heavy (non-hydrogen) atoms. The molecule has 0 spiro atoms. The summed E-state index contributed by atoms with van der Waals surface area (Å²) >= 11 is 5.78. The van der Waals surface area contributed by atoms with Gasteiger partial charge in [0.25, 0.3) is 0 Å². The first-order valence-corrected chi connectivity index (χ1v) is 17.6. The van der Waals surface area contributed by atoms with Crippen molar-refractivity contribution < 1.29 is 8.78 Å². The third-order valence-corrected chi connectivity index (χ3v) is 14.1. The second-order valence-corrected chi connectivity index (χ2v) is 17.4. The standard InChI is InChI=1S/C31H43ClF2Si/c1-3-4-5-18-35(2)19-16-24(17-20-35)7-6-23-8-10-25(11-9-23)26-12-14-28(30(33)21-26)27-13-15-29(32)31(34)22-27/h12-15,21-25H,3-11,16-20H2,1-2H3/t23?,24-,25?,35+. The van der Waals surface area contributed by atoms with Crippen LogP contribution >= 0.6 is 11.6 Å². The molecule has 0 radical (unpaired) electrons. The molecule has 2 aliphatic rings. The van der Waals surface area contributed by atoms with E-state index in [0.29, 0.717) is 17.0 Å². The van der Waals surface area contributed by atoms with Crippen LogP contribution in [0.2, 0.25) is 29.7 Å². The van der Waals surface area contributed by atoms with Gasteiger partial charge < -0.3 is 0 Å². The topological polar surface area (TPSA) is 0 Å². The summed E-state index contributed by atoms with van der Waals surface area (Å²) in [6.07, 6.45) is 14.9. The summed E-state index contributed by atoms with van der Waals surface area (Å²) in [5, 5.41) is 0.0637. The summed E-state index contributed by atoms with van der Waals surface area (Å²) in [6.45, 7) is 4.98. The lowest BCUT2D eigenvalue weighted by Crippen LogP contribution is -2.34. The van der Waals surface area contributed by atoms with Crippen molar-refractivity contribution in [2.24, 2.45) is 11.8 Å². The van der Waals surface area contributed by atoms with Crippen molar-refractivity contribution in [2.45, 2.75) is 108 Å². The Kier molecular flexibility index (Phi) is 9.49. The van der Waals surface area contributed by atoms with Gasteiger partial charge >= 0.3 is 0 Å². The number of hydrogen-bond donors (Lipinski definition) is 0. The van der Waals surface area contributed by atoms with Crippen LogP contribution in [0.4, 0.5) is 8.78 Å². The first kappa shape index (κ1) is 26.9. The minimum atomic E-state index is -0.922. The third-order valence-electron chi connectivity index (χ3n) is 9.22. The van der Waals surface area contributed by atoms with Crippen LogP contribution in [0.5, 0.6) is 0 Å². The number of unbranched alkanes of at least 4 members (excludes halogenated alkanes) is 2. The largest absolute Gasteiger partial charge is 0.206 e. The van der Waals surface area contributed by atoms with E-state index in [2.05, 4.69) is 13.5 Å². The lowest BCUT2D eigenvalue weighted by atomic mass is 9.76. The van der Waals surface area contributed by atoms with Gasteiger partial charge in [0, 0.05) is 5.56 Å². The Morgan fingerprint density at radius 1 is 0.829 bits per heavy atom. The average molecular weight is 517 g/mol. The summed E-state index contributed by atoms with van der Waals surface area (Å²) in [6, 6.07) is 14.7. The summed E-state index contributed by atoms with van der Waals surface area (Å²) in [5.74, 6) is 1.48. The summed E-state index contributed by atoms with van der Waals surface area (Å²) in [7, 11) is -0.922. The van der Waals surface area contributed by atoms with Crippen LogP contribution in [0.1, 0.15) is 89.0 Å². The molecule has 0 N–H and O–H groups in total.